The van der Waals surface area contributed by atoms with Crippen LogP contribution in [0.2, 0.25) is 0 Å². The van der Waals surface area contributed by atoms with Gasteiger partial charge in [-0.3, -0.25) is 0 Å². The fraction of sp³-hybridized carbons (Fsp3) is 0.438. The van der Waals surface area contributed by atoms with E-state index in [1.165, 1.54) is 10.6 Å². The maximum Gasteiger partial charge on any atom is 0.416 e. The van der Waals surface area contributed by atoms with Crippen molar-refractivity contribution >= 4 is 22.5 Å². The lowest BCUT2D eigenvalue weighted by Crippen LogP contribution is -2.45. The summed E-state index contributed by atoms with van der Waals surface area (Å²) in [7, 11) is 2.06. The molecule has 1 saturated heterocycles. The first kappa shape index (κ1) is 16.1. The smallest absolute Gasteiger partial charge is 0.351 e. The van der Waals surface area contributed by atoms with Gasteiger partial charge in [-0.05, 0) is 32.2 Å². The second-order valence-electron chi connectivity index (χ2n) is 6.32. The standard InChI is InChI=1S/C16H17F3N6/c1-10-20-15-14(24-7-5-23(2)6-8-24)21-12-4-3-11(16(17,18)19)9-13(12)25(15)22-10/h3-4,9H,5-8H2,1-2H3. The average Bonchev–Trinajstić information content (AvgIpc) is 2.95. The minimum atomic E-state index is -4.41. The molecule has 132 valence electrons. The number of fused-ring (bicyclic) bond motifs is 3. The summed E-state index contributed by atoms with van der Waals surface area (Å²) < 4.78 is 40.6. The lowest BCUT2D eigenvalue weighted by molar-refractivity contribution is -0.137. The van der Waals surface area contributed by atoms with Crippen LogP contribution in [0.25, 0.3) is 16.7 Å². The summed E-state index contributed by atoms with van der Waals surface area (Å²) in [6.45, 7) is 5.09. The molecule has 1 aromatic carbocycles. The van der Waals surface area contributed by atoms with E-state index in [-0.39, 0.29) is 0 Å². The highest BCUT2D eigenvalue weighted by atomic mass is 19.4. The molecule has 0 bridgehead atoms. The molecular weight excluding hydrogens is 333 g/mol. The SMILES string of the molecule is Cc1nc2c(N3CCN(C)CC3)nc3ccc(C(F)(F)F)cc3n2n1. The highest BCUT2D eigenvalue weighted by Crippen LogP contribution is 2.32. The molecule has 0 unspecified atom stereocenters. The molecule has 25 heavy (non-hydrogen) atoms. The van der Waals surface area contributed by atoms with E-state index in [9.17, 15) is 13.2 Å². The van der Waals surface area contributed by atoms with E-state index in [2.05, 4.69) is 31.9 Å². The summed E-state index contributed by atoms with van der Waals surface area (Å²) in [6, 6.07) is 3.53. The largest absolute Gasteiger partial charge is 0.416 e. The monoisotopic (exact) mass is 350 g/mol. The maximum absolute atomic E-state index is 13.0. The Morgan fingerprint density at radius 1 is 1.04 bits per heavy atom. The van der Waals surface area contributed by atoms with Gasteiger partial charge in [0.15, 0.2) is 11.5 Å². The van der Waals surface area contributed by atoms with Crippen molar-refractivity contribution in [2.75, 3.05) is 38.1 Å². The third-order valence-corrected chi connectivity index (χ3v) is 4.47. The van der Waals surface area contributed by atoms with Gasteiger partial charge in [0, 0.05) is 26.2 Å². The molecule has 3 heterocycles. The van der Waals surface area contributed by atoms with Gasteiger partial charge < -0.3 is 9.80 Å². The lowest BCUT2D eigenvalue weighted by atomic mass is 10.2. The summed E-state index contributed by atoms with van der Waals surface area (Å²) in [4.78, 5) is 13.3. The molecular formula is C16H17F3N6. The average molecular weight is 350 g/mol. The van der Waals surface area contributed by atoms with Gasteiger partial charge in [0.1, 0.15) is 5.82 Å². The number of hydrogen-bond acceptors (Lipinski definition) is 5. The summed E-state index contributed by atoms with van der Waals surface area (Å²) in [5, 5.41) is 4.30. The van der Waals surface area contributed by atoms with E-state index in [0.29, 0.717) is 28.3 Å². The van der Waals surface area contributed by atoms with E-state index in [4.69, 9.17) is 0 Å². The van der Waals surface area contributed by atoms with E-state index in [1.807, 2.05) is 0 Å². The van der Waals surface area contributed by atoms with Gasteiger partial charge in [0.05, 0.1) is 16.6 Å². The van der Waals surface area contributed by atoms with Gasteiger partial charge in [-0.2, -0.15) is 18.3 Å². The normalized spacial score (nSPS) is 16.9. The van der Waals surface area contributed by atoms with Gasteiger partial charge in [0.25, 0.3) is 0 Å². The number of likely N-dealkylation sites (N-methyl/N-ethyl adjacent to an activating group) is 1. The van der Waals surface area contributed by atoms with Crippen molar-refractivity contribution in [3.63, 3.8) is 0 Å². The number of halogens is 3. The summed E-state index contributed by atoms with van der Waals surface area (Å²) in [5.74, 6) is 1.17. The van der Waals surface area contributed by atoms with E-state index in [0.717, 1.165) is 38.3 Å². The number of benzene rings is 1. The molecule has 6 nitrogen and oxygen atoms in total. The Morgan fingerprint density at radius 2 is 1.76 bits per heavy atom. The van der Waals surface area contributed by atoms with Crippen LogP contribution in [0.3, 0.4) is 0 Å². The number of aryl methyl sites for hydroxylation is 1. The van der Waals surface area contributed by atoms with Gasteiger partial charge in [-0.1, -0.05) is 0 Å². The maximum atomic E-state index is 13.0. The van der Waals surface area contributed by atoms with Crippen molar-refractivity contribution in [1.29, 1.82) is 0 Å². The van der Waals surface area contributed by atoms with Crippen LogP contribution in [0.4, 0.5) is 19.0 Å². The topological polar surface area (TPSA) is 49.6 Å². The number of hydrogen-bond donors (Lipinski definition) is 0. The Hall–Kier alpha value is -2.42. The number of piperazine rings is 1. The molecule has 0 spiro atoms. The number of anilines is 1. The first-order valence-corrected chi connectivity index (χ1v) is 8.01. The Balaban J connectivity index is 1.92. The van der Waals surface area contributed by atoms with Crippen molar-refractivity contribution in [3.05, 3.63) is 29.6 Å². The molecule has 1 aliphatic heterocycles. The Morgan fingerprint density at radius 3 is 2.44 bits per heavy atom. The second-order valence-corrected chi connectivity index (χ2v) is 6.32. The van der Waals surface area contributed by atoms with Crippen LogP contribution < -0.4 is 4.90 Å². The van der Waals surface area contributed by atoms with Gasteiger partial charge >= 0.3 is 6.18 Å². The molecule has 0 amide bonds. The van der Waals surface area contributed by atoms with Crippen LogP contribution in [0.1, 0.15) is 11.4 Å². The highest BCUT2D eigenvalue weighted by molar-refractivity contribution is 5.83. The molecule has 3 aromatic rings. The van der Waals surface area contributed by atoms with E-state index in [1.54, 1.807) is 6.92 Å². The zero-order valence-electron chi connectivity index (χ0n) is 13.9. The van der Waals surface area contributed by atoms with Gasteiger partial charge in [-0.25, -0.2) is 14.5 Å². The fourth-order valence-electron chi connectivity index (χ4n) is 3.09. The van der Waals surface area contributed by atoms with Gasteiger partial charge in [-0.15, -0.1) is 0 Å². The number of alkyl halides is 3. The summed E-state index contributed by atoms with van der Waals surface area (Å²) in [6.07, 6.45) is -4.41. The van der Waals surface area contributed by atoms with Gasteiger partial charge in [0.2, 0.25) is 0 Å². The lowest BCUT2D eigenvalue weighted by Gasteiger charge is -2.33. The first-order valence-electron chi connectivity index (χ1n) is 8.01. The highest BCUT2D eigenvalue weighted by Gasteiger charge is 2.31. The van der Waals surface area contributed by atoms with Crippen molar-refractivity contribution in [2.24, 2.45) is 0 Å². The van der Waals surface area contributed by atoms with Crippen LogP contribution in [-0.4, -0.2) is 57.7 Å². The molecule has 1 aliphatic rings. The first-order chi connectivity index (χ1) is 11.8. The zero-order valence-corrected chi connectivity index (χ0v) is 13.9. The molecule has 9 heteroatoms. The zero-order chi connectivity index (χ0) is 17.8. The molecule has 0 aliphatic carbocycles. The molecule has 0 N–H and O–H groups in total. The fourth-order valence-corrected chi connectivity index (χ4v) is 3.09. The predicted octanol–water partition coefficient (Wildman–Crippen LogP) is 2.36. The second kappa shape index (κ2) is 5.55. The molecule has 4 rings (SSSR count). The van der Waals surface area contributed by atoms with Crippen molar-refractivity contribution < 1.29 is 13.2 Å². The van der Waals surface area contributed by atoms with E-state index >= 15 is 0 Å². The van der Waals surface area contributed by atoms with E-state index < -0.39 is 11.7 Å². The number of aromatic nitrogens is 4. The van der Waals surface area contributed by atoms with Crippen LogP contribution >= 0.6 is 0 Å². The van der Waals surface area contributed by atoms with Crippen LogP contribution in [0.5, 0.6) is 0 Å². The van der Waals surface area contributed by atoms with Crippen LogP contribution in [0.15, 0.2) is 18.2 Å². The minimum Gasteiger partial charge on any atom is -0.351 e. The number of rotatable bonds is 1. The molecule has 2 aromatic heterocycles. The Labute approximate surface area is 141 Å². The van der Waals surface area contributed by atoms with Crippen LogP contribution in [-0.2, 0) is 6.18 Å². The Bertz CT molecular complexity index is 940. The van der Waals surface area contributed by atoms with Crippen molar-refractivity contribution in [1.82, 2.24) is 24.5 Å². The third-order valence-electron chi connectivity index (χ3n) is 4.47. The Kier molecular flexibility index (Phi) is 3.57. The molecule has 0 saturated carbocycles. The summed E-state index contributed by atoms with van der Waals surface area (Å²) in [5.41, 5.74) is 0.556. The minimum absolute atomic E-state index is 0.309. The summed E-state index contributed by atoms with van der Waals surface area (Å²) >= 11 is 0. The molecule has 0 radical (unpaired) electrons. The molecule has 0 atom stereocenters. The quantitative estimate of drug-likeness (QED) is 0.674. The third kappa shape index (κ3) is 2.78. The molecule has 1 fully saturated rings. The van der Waals surface area contributed by atoms with Crippen molar-refractivity contribution in [3.8, 4) is 0 Å². The van der Waals surface area contributed by atoms with Crippen LogP contribution in [0, 0.1) is 6.92 Å². The van der Waals surface area contributed by atoms with Crippen molar-refractivity contribution in [2.45, 2.75) is 13.1 Å². The predicted molar refractivity (Wildman–Crippen MR) is 87.7 cm³/mol. The number of nitrogens with zero attached hydrogens (tertiary/aromatic N) is 6.